The topological polar surface area (TPSA) is 70.6 Å². The van der Waals surface area contributed by atoms with Crippen LogP contribution in [-0.2, 0) is 0 Å². The van der Waals surface area contributed by atoms with Crippen molar-refractivity contribution < 1.29 is 5.11 Å². The molecule has 0 aromatic rings. The van der Waals surface area contributed by atoms with Gasteiger partial charge in [-0.3, -0.25) is 4.99 Å². The Morgan fingerprint density at radius 3 is 2.53 bits per heavy atom. The van der Waals surface area contributed by atoms with E-state index in [0.717, 1.165) is 25.7 Å². The summed E-state index contributed by atoms with van der Waals surface area (Å²) in [5, 5.41) is 12.7. The van der Waals surface area contributed by atoms with Gasteiger partial charge in [0.2, 0.25) is 0 Å². The summed E-state index contributed by atoms with van der Waals surface area (Å²) in [4.78, 5) is 4.35. The predicted octanol–water partition coefficient (Wildman–Crippen LogP) is 0.748. The number of nitrogens with zero attached hydrogens (tertiary/aromatic N) is 1. The van der Waals surface area contributed by atoms with E-state index in [4.69, 9.17) is 5.73 Å². The standard InChI is InChI=1S/C11H21N3O/c12-10(13-9-4-5-9)14-11(8-15)6-2-1-3-7-11/h9,15H,1-8H2,(H3,12,13,14). The van der Waals surface area contributed by atoms with Crippen molar-refractivity contribution in [3.8, 4) is 0 Å². The fourth-order valence-electron chi connectivity index (χ4n) is 2.26. The fraction of sp³-hybridized carbons (Fsp3) is 0.909. The minimum atomic E-state index is -0.194. The van der Waals surface area contributed by atoms with E-state index in [-0.39, 0.29) is 12.1 Å². The highest BCUT2D eigenvalue weighted by Crippen LogP contribution is 2.28. The summed E-state index contributed by atoms with van der Waals surface area (Å²) in [6, 6.07) is 0.442. The number of guanidine groups is 1. The van der Waals surface area contributed by atoms with Crippen molar-refractivity contribution in [2.24, 2.45) is 10.7 Å². The summed E-state index contributed by atoms with van der Waals surface area (Å²) in [6.45, 7) is 0.161. The Bertz CT molecular complexity index is 242. The van der Waals surface area contributed by atoms with Crippen LogP contribution in [0.15, 0.2) is 4.99 Å². The largest absolute Gasteiger partial charge is 0.394 e. The molecule has 4 heteroatoms. The van der Waals surface area contributed by atoms with Gasteiger partial charge in [-0.15, -0.1) is 0 Å². The molecule has 0 atom stereocenters. The fourth-order valence-corrected chi connectivity index (χ4v) is 2.26. The van der Waals surface area contributed by atoms with Crippen LogP contribution in [-0.4, -0.2) is 29.3 Å². The molecule has 0 amide bonds. The van der Waals surface area contributed by atoms with E-state index < -0.39 is 0 Å². The van der Waals surface area contributed by atoms with Crippen LogP contribution < -0.4 is 11.1 Å². The molecule has 0 heterocycles. The van der Waals surface area contributed by atoms with Crippen LogP contribution in [0.4, 0.5) is 0 Å². The lowest BCUT2D eigenvalue weighted by Gasteiger charge is -2.36. The van der Waals surface area contributed by atoms with E-state index in [1.807, 2.05) is 0 Å². The minimum absolute atomic E-state index is 0.161. The van der Waals surface area contributed by atoms with Gasteiger partial charge in [-0.05, 0) is 25.7 Å². The molecule has 2 aliphatic carbocycles. The molecule has 2 fully saturated rings. The number of nitrogens with one attached hydrogen (secondary N) is 1. The van der Waals surface area contributed by atoms with Crippen molar-refractivity contribution in [1.82, 2.24) is 5.32 Å². The Labute approximate surface area is 91.0 Å². The van der Waals surface area contributed by atoms with Crippen molar-refractivity contribution in [2.45, 2.75) is 56.5 Å². The zero-order valence-electron chi connectivity index (χ0n) is 9.21. The van der Waals surface area contributed by atoms with Crippen LogP contribution in [0.1, 0.15) is 44.9 Å². The second kappa shape index (κ2) is 4.39. The molecular formula is C11H21N3O. The lowest BCUT2D eigenvalue weighted by molar-refractivity contribution is 0.139. The van der Waals surface area contributed by atoms with Crippen LogP contribution in [0.2, 0.25) is 0 Å². The molecule has 86 valence electrons. The first-order valence-electron chi connectivity index (χ1n) is 5.96. The minimum Gasteiger partial charge on any atom is -0.394 e. The molecule has 0 radical (unpaired) electrons. The zero-order chi connectivity index (χ0) is 10.7. The Balaban J connectivity index is 1.93. The number of aliphatic imine (C=N–C) groups is 1. The number of nitrogens with two attached hydrogens (primary N) is 1. The Morgan fingerprint density at radius 2 is 2.00 bits per heavy atom. The first kappa shape index (κ1) is 10.7. The molecule has 4 nitrogen and oxygen atoms in total. The van der Waals surface area contributed by atoms with E-state index >= 15 is 0 Å². The smallest absolute Gasteiger partial charge is 0.189 e. The average Bonchev–Trinajstić information content (AvgIpc) is 3.03. The Kier molecular flexibility index (Phi) is 3.14. The van der Waals surface area contributed by atoms with Gasteiger partial charge in [0.15, 0.2) is 5.96 Å². The lowest BCUT2D eigenvalue weighted by Crippen LogP contribution is -2.55. The van der Waals surface area contributed by atoms with Gasteiger partial charge in [0.05, 0.1) is 18.2 Å². The van der Waals surface area contributed by atoms with E-state index in [2.05, 4.69) is 10.3 Å². The predicted molar refractivity (Wildman–Crippen MR) is 60.7 cm³/mol. The monoisotopic (exact) mass is 211 g/mol. The van der Waals surface area contributed by atoms with Crippen molar-refractivity contribution in [2.75, 3.05) is 6.61 Å². The van der Waals surface area contributed by atoms with Crippen LogP contribution in [0.5, 0.6) is 0 Å². The molecular weight excluding hydrogens is 190 g/mol. The van der Waals surface area contributed by atoms with Gasteiger partial charge < -0.3 is 16.2 Å². The molecule has 4 N–H and O–H groups in total. The van der Waals surface area contributed by atoms with Crippen molar-refractivity contribution in [1.29, 1.82) is 0 Å². The molecule has 0 aromatic carbocycles. The average molecular weight is 211 g/mol. The number of aliphatic hydroxyl groups excluding tert-OH is 1. The van der Waals surface area contributed by atoms with Gasteiger partial charge in [0, 0.05) is 0 Å². The van der Waals surface area contributed by atoms with Gasteiger partial charge in [0.1, 0.15) is 0 Å². The molecule has 0 saturated heterocycles. The summed E-state index contributed by atoms with van der Waals surface area (Å²) >= 11 is 0. The third-order valence-electron chi connectivity index (χ3n) is 3.38. The van der Waals surface area contributed by atoms with Crippen LogP contribution in [0.3, 0.4) is 0 Å². The van der Waals surface area contributed by atoms with Gasteiger partial charge in [0.25, 0.3) is 0 Å². The molecule has 0 aliphatic heterocycles. The SMILES string of the molecule is NC(=NC1CC1)NC1(CO)CCCCC1. The Hall–Kier alpha value is -0.770. The van der Waals surface area contributed by atoms with Crippen LogP contribution in [0.25, 0.3) is 0 Å². The normalized spacial score (nSPS) is 26.3. The van der Waals surface area contributed by atoms with Crippen molar-refractivity contribution in [3.63, 3.8) is 0 Å². The molecule has 15 heavy (non-hydrogen) atoms. The summed E-state index contributed by atoms with van der Waals surface area (Å²) in [5.74, 6) is 0.522. The van der Waals surface area contributed by atoms with E-state index in [9.17, 15) is 5.11 Å². The first-order valence-corrected chi connectivity index (χ1v) is 5.96. The molecule has 0 spiro atoms. The van der Waals surface area contributed by atoms with Crippen molar-refractivity contribution >= 4 is 5.96 Å². The molecule has 0 aromatic heterocycles. The highest BCUT2D eigenvalue weighted by Gasteiger charge is 2.32. The number of hydrogen-bond acceptors (Lipinski definition) is 2. The zero-order valence-corrected chi connectivity index (χ0v) is 9.21. The summed E-state index contributed by atoms with van der Waals surface area (Å²) < 4.78 is 0. The van der Waals surface area contributed by atoms with E-state index in [0.29, 0.717) is 12.0 Å². The van der Waals surface area contributed by atoms with Gasteiger partial charge >= 0.3 is 0 Å². The first-order chi connectivity index (χ1) is 7.24. The quantitative estimate of drug-likeness (QED) is 0.476. The molecule has 0 bridgehead atoms. The molecule has 2 aliphatic rings. The number of aliphatic hydroxyl groups is 1. The van der Waals surface area contributed by atoms with E-state index in [1.165, 1.54) is 19.3 Å². The maximum absolute atomic E-state index is 9.47. The van der Waals surface area contributed by atoms with Gasteiger partial charge in [-0.1, -0.05) is 19.3 Å². The van der Waals surface area contributed by atoms with Crippen LogP contribution in [0, 0.1) is 0 Å². The summed E-state index contributed by atoms with van der Waals surface area (Å²) in [7, 11) is 0. The maximum Gasteiger partial charge on any atom is 0.189 e. The van der Waals surface area contributed by atoms with Crippen molar-refractivity contribution in [3.05, 3.63) is 0 Å². The summed E-state index contributed by atoms with van der Waals surface area (Å²) in [5.41, 5.74) is 5.64. The molecule has 2 rings (SSSR count). The lowest BCUT2D eigenvalue weighted by atomic mass is 9.82. The van der Waals surface area contributed by atoms with Crippen LogP contribution >= 0.6 is 0 Å². The highest BCUT2D eigenvalue weighted by molar-refractivity contribution is 5.79. The second-order valence-electron chi connectivity index (χ2n) is 4.87. The maximum atomic E-state index is 9.47. The number of hydrogen-bond donors (Lipinski definition) is 3. The van der Waals surface area contributed by atoms with E-state index in [1.54, 1.807) is 0 Å². The van der Waals surface area contributed by atoms with Gasteiger partial charge in [-0.2, -0.15) is 0 Å². The third-order valence-corrected chi connectivity index (χ3v) is 3.38. The molecule has 2 saturated carbocycles. The third kappa shape index (κ3) is 2.84. The number of rotatable bonds is 3. The Morgan fingerprint density at radius 1 is 1.33 bits per heavy atom. The highest BCUT2D eigenvalue weighted by atomic mass is 16.3. The molecule has 0 unspecified atom stereocenters. The van der Waals surface area contributed by atoms with Gasteiger partial charge in [-0.25, -0.2) is 0 Å². The second-order valence-corrected chi connectivity index (χ2v) is 4.87. The summed E-state index contributed by atoms with van der Waals surface area (Å²) in [6.07, 6.45) is 7.94.